The van der Waals surface area contributed by atoms with Crippen molar-refractivity contribution >= 4 is 44.8 Å². The van der Waals surface area contributed by atoms with E-state index in [9.17, 15) is 14.7 Å². The van der Waals surface area contributed by atoms with Gasteiger partial charge in [-0.15, -0.1) is 11.3 Å². The van der Waals surface area contributed by atoms with Gasteiger partial charge in [-0.2, -0.15) is 0 Å². The Morgan fingerprint density at radius 3 is 2.19 bits per heavy atom. The molecule has 1 N–H and O–H groups in total. The number of fused-ring (bicyclic) bond motifs is 1. The highest BCUT2D eigenvalue weighted by Crippen LogP contribution is 2.38. The Balaban J connectivity index is 2.01. The van der Waals surface area contributed by atoms with Crippen LogP contribution >= 0.6 is 34.5 Å². The topological polar surface area (TPSA) is 64.2 Å². The van der Waals surface area contributed by atoms with Gasteiger partial charge in [0.05, 0.1) is 5.39 Å². The van der Waals surface area contributed by atoms with Crippen LogP contribution in [0.15, 0.2) is 58.1 Å². The first kappa shape index (κ1) is 21.8. The van der Waals surface area contributed by atoms with E-state index in [0.717, 1.165) is 21.6 Å². The summed E-state index contributed by atoms with van der Waals surface area (Å²) in [6.07, 6.45) is 0.851. The molecule has 0 aliphatic carbocycles. The minimum atomic E-state index is -0.382. The molecule has 4 rings (SSSR count). The van der Waals surface area contributed by atoms with Crippen LogP contribution in [0.3, 0.4) is 0 Å². The molecule has 0 saturated carbocycles. The van der Waals surface area contributed by atoms with E-state index in [1.54, 1.807) is 7.05 Å². The Morgan fingerprint density at radius 1 is 0.968 bits per heavy atom. The number of hydrogen-bond acceptors (Lipinski definition) is 4. The Hall–Kier alpha value is -2.38. The summed E-state index contributed by atoms with van der Waals surface area (Å²) in [4.78, 5) is 27.8. The monoisotopic (exact) mass is 474 g/mol. The Labute approximate surface area is 192 Å². The minimum absolute atomic E-state index is 0.0923. The molecular formula is C23H20Cl2N2O3S. The second-order valence-corrected chi connectivity index (χ2v) is 9.15. The van der Waals surface area contributed by atoms with Gasteiger partial charge in [-0.1, -0.05) is 47.5 Å². The van der Waals surface area contributed by atoms with E-state index in [4.69, 9.17) is 23.2 Å². The van der Waals surface area contributed by atoms with Crippen molar-refractivity contribution in [3.05, 3.63) is 90.5 Å². The number of aryl methyl sites for hydroxylation is 1. The van der Waals surface area contributed by atoms with Crippen molar-refractivity contribution in [1.29, 1.82) is 0 Å². The van der Waals surface area contributed by atoms with Gasteiger partial charge in [0.2, 0.25) is 0 Å². The number of thiophene rings is 1. The summed E-state index contributed by atoms with van der Waals surface area (Å²) in [5.41, 5.74) is 2.10. The van der Waals surface area contributed by atoms with Crippen LogP contribution < -0.4 is 11.2 Å². The molecule has 2 heterocycles. The third-order valence-electron chi connectivity index (χ3n) is 5.21. The van der Waals surface area contributed by atoms with Gasteiger partial charge in [0, 0.05) is 35.1 Å². The van der Waals surface area contributed by atoms with Crippen LogP contribution in [0.1, 0.15) is 17.5 Å². The molecule has 0 spiro atoms. The molecule has 5 nitrogen and oxygen atoms in total. The van der Waals surface area contributed by atoms with Crippen molar-refractivity contribution < 1.29 is 5.11 Å². The molecule has 0 aliphatic heterocycles. The van der Waals surface area contributed by atoms with Gasteiger partial charge in [0.15, 0.2) is 0 Å². The van der Waals surface area contributed by atoms with Crippen LogP contribution in [0.25, 0.3) is 20.7 Å². The average Bonchev–Trinajstić information content (AvgIpc) is 3.14. The molecule has 0 atom stereocenters. The van der Waals surface area contributed by atoms with E-state index in [1.807, 2.05) is 48.5 Å². The van der Waals surface area contributed by atoms with Gasteiger partial charge in [0.1, 0.15) is 4.83 Å². The second-order valence-electron chi connectivity index (χ2n) is 7.28. The number of hydrogen-bond donors (Lipinski definition) is 1. The summed E-state index contributed by atoms with van der Waals surface area (Å²) in [5, 5.41) is 11.0. The molecule has 0 bridgehead atoms. The molecule has 8 heteroatoms. The fourth-order valence-electron chi connectivity index (χ4n) is 3.63. The largest absolute Gasteiger partial charge is 0.396 e. The molecule has 0 radical (unpaired) electrons. The third-order valence-corrected chi connectivity index (χ3v) is 7.07. The van der Waals surface area contributed by atoms with E-state index in [1.165, 1.54) is 20.5 Å². The number of aliphatic hydroxyl groups excluding tert-OH is 1. The van der Waals surface area contributed by atoms with E-state index in [2.05, 4.69) is 0 Å². The van der Waals surface area contributed by atoms with Crippen LogP contribution in [0.5, 0.6) is 0 Å². The predicted molar refractivity (Wildman–Crippen MR) is 128 cm³/mol. The fraction of sp³-hybridized carbons (Fsp3) is 0.217. The zero-order chi connectivity index (χ0) is 22.1. The summed E-state index contributed by atoms with van der Waals surface area (Å²) in [6.45, 7) is 0.0788. The summed E-state index contributed by atoms with van der Waals surface area (Å²) in [7, 11) is 1.67. The maximum atomic E-state index is 13.4. The lowest BCUT2D eigenvalue weighted by Gasteiger charge is -2.09. The van der Waals surface area contributed by atoms with E-state index in [0.29, 0.717) is 33.1 Å². The first-order valence-electron chi connectivity index (χ1n) is 9.77. The Morgan fingerprint density at radius 2 is 1.58 bits per heavy atom. The highest BCUT2D eigenvalue weighted by atomic mass is 35.5. The van der Waals surface area contributed by atoms with E-state index >= 15 is 0 Å². The number of rotatable bonds is 6. The number of halogens is 2. The number of aliphatic hydroxyl groups is 1. The first-order chi connectivity index (χ1) is 14.9. The maximum Gasteiger partial charge on any atom is 0.331 e. The Bertz CT molecular complexity index is 1350. The van der Waals surface area contributed by atoms with Crippen LogP contribution in [0.2, 0.25) is 10.0 Å². The van der Waals surface area contributed by atoms with Crippen LogP contribution in [-0.2, 0) is 20.0 Å². The molecule has 0 unspecified atom stereocenters. The van der Waals surface area contributed by atoms with Gasteiger partial charge >= 0.3 is 5.69 Å². The summed E-state index contributed by atoms with van der Waals surface area (Å²) in [5.74, 6) is 0. The number of aromatic nitrogens is 2. The molecule has 2 aromatic carbocycles. The van der Waals surface area contributed by atoms with Gasteiger partial charge in [-0.3, -0.25) is 13.9 Å². The lowest BCUT2D eigenvalue weighted by Crippen LogP contribution is -2.39. The molecule has 31 heavy (non-hydrogen) atoms. The van der Waals surface area contributed by atoms with Crippen LogP contribution in [0.4, 0.5) is 0 Å². The maximum absolute atomic E-state index is 13.4. The second kappa shape index (κ2) is 9.01. The van der Waals surface area contributed by atoms with E-state index < -0.39 is 0 Å². The number of benzene rings is 2. The normalized spacial score (nSPS) is 11.4. The van der Waals surface area contributed by atoms with Crippen molar-refractivity contribution in [2.24, 2.45) is 7.05 Å². The molecule has 4 aromatic rings. The molecule has 0 amide bonds. The molecule has 2 aromatic heterocycles. The summed E-state index contributed by atoms with van der Waals surface area (Å²) in [6, 6.07) is 15.0. The van der Waals surface area contributed by atoms with Crippen molar-refractivity contribution in [3.63, 3.8) is 0 Å². The first-order valence-corrected chi connectivity index (χ1v) is 11.3. The molecule has 0 saturated heterocycles. The number of nitrogens with zero attached hydrogens (tertiary/aromatic N) is 2. The van der Waals surface area contributed by atoms with Gasteiger partial charge in [0.25, 0.3) is 5.56 Å². The van der Waals surface area contributed by atoms with E-state index in [-0.39, 0.29) is 24.4 Å². The van der Waals surface area contributed by atoms with Crippen molar-refractivity contribution in [2.75, 3.05) is 6.61 Å². The van der Waals surface area contributed by atoms with Crippen LogP contribution in [-0.4, -0.2) is 20.8 Å². The highest BCUT2D eigenvalue weighted by Gasteiger charge is 2.22. The Kier molecular flexibility index (Phi) is 6.34. The molecular weight excluding hydrogens is 455 g/mol. The zero-order valence-electron chi connectivity index (χ0n) is 16.8. The van der Waals surface area contributed by atoms with Crippen molar-refractivity contribution in [1.82, 2.24) is 9.13 Å². The minimum Gasteiger partial charge on any atom is -0.396 e. The van der Waals surface area contributed by atoms with Crippen molar-refractivity contribution in [3.8, 4) is 10.4 Å². The smallest absolute Gasteiger partial charge is 0.331 e. The lowest BCUT2D eigenvalue weighted by atomic mass is 10.00. The lowest BCUT2D eigenvalue weighted by molar-refractivity contribution is 0.277. The van der Waals surface area contributed by atoms with Crippen molar-refractivity contribution in [2.45, 2.75) is 19.4 Å². The zero-order valence-corrected chi connectivity index (χ0v) is 19.1. The SMILES string of the molecule is Cn1c(=O)n(CCCO)c(=O)c2c(Cc3ccc(Cl)cc3)c(-c3ccc(Cl)cc3)sc21. The predicted octanol–water partition coefficient (Wildman–Crippen LogP) is 4.71. The fourth-order valence-corrected chi connectivity index (χ4v) is 5.16. The molecule has 0 aliphatic rings. The standard InChI is InChI=1S/C23H20Cl2N2O3S/c1-26-22-19(21(29)27(23(26)30)11-2-12-28)18(13-14-3-7-16(24)8-4-14)20(31-22)15-5-9-17(25)10-6-15/h3-10,28H,2,11-13H2,1H3. The highest BCUT2D eigenvalue weighted by molar-refractivity contribution is 7.22. The van der Waals surface area contributed by atoms with Crippen LogP contribution in [0, 0.1) is 0 Å². The quantitative estimate of drug-likeness (QED) is 0.440. The van der Waals surface area contributed by atoms with Gasteiger partial charge in [-0.25, -0.2) is 4.79 Å². The molecule has 160 valence electrons. The summed E-state index contributed by atoms with van der Waals surface area (Å²) >= 11 is 13.5. The summed E-state index contributed by atoms with van der Waals surface area (Å²) < 4.78 is 2.73. The van der Waals surface area contributed by atoms with Gasteiger partial charge < -0.3 is 5.11 Å². The third kappa shape index (κ3) is 4.21. The average molecular weight is 475 g/mol. The molecule has 0 fully saturated rings. The van der Waals surface area contributed by atoms with Gasteiger partial charge in [-0.05, 0) is 53.8 Å².